The van der Waals surface area contributed by atoms with Gasteiger partial charge in [-0.3, -0.25) is 9.78 Å². The standard InChI is InChI=1S/C28H24F2N2O4S/c1-28(2,13-26(33)34)37-27-19-4-3-9-31-24(19)15-36-25-8-7-18(11-20(25)27)35-14-17-6-5-16-10-21(29)22(30)12-23(16)32-17/h3-12,27H,13-15H2,1-2H3,(H,33,34). The summed E-state index contributed by atoms with van der Waals surface area (Å²) in [5, 5.41) is 9.70. The molecule has 2 aromatic carbocycles. The van der Waals surface area contributed by atoms with Gasteiger partial charge in [-0.25, -0.2) is 13.8 Å². The third kappa shape index (κ3) is 5.51. The molecule has 5 rings (SSSR count). The summed E-state index contributed by atoms with van der Waals surface area (Å²) in [5.74, 6) is -1.48. The van der Waals surface area contributed by atoms with Crippen LogP contribution in [0.5, 0.6) is 11.5 Å². The Morgan fingerprint density at radius 3 is 2.76 bits per heavy atom. The van der Waals surface area contributed by atoms with Crippen molar-refractivity contribution in [3.05, 3.63) is 94.9 Å². The second-order valence-electron chi connectivity index (χ2n) is 9.41. The number of aliphatic carboxylic acids is 1. The summed E-state index contributed by atoms with van der Waals surface area (Å²) < 4.78 is 38.7. The van der Waals surface area contributed by atoms with Gasteiger partial charge < -0.3 is 14.6 Å². The summed E-state index contributed by atoms with van der Waals surface area (Å²) in [7, 11) is 0. The minimum Gasteiger partial charge on any atom is -0.487 e. The van der Waals surface area contributed by atoms with Crippen LogP contribution in [0, 0.1) is 11.6 Å². The molecule has 6 nitrogen and oxygen atoms in total. The monoisotopic (exact) mass is 522 g/mol. The SMILES string of the molecule is CC(C)(CC(=O)O)SC1c2cc(OCc3ccc4cc(F)c(F)cc4n3)ccc2OCc2ncccc21. The Balaban J connectivity index is 1.45. The van der Waals surface area contributed by atoms with Crippen LogP contribution in [-0.4, -0.2) is 25.8 Å². The van der Waals surface area contributed by atoms with Crippen LogP contribution in [0.3, 0.4) is 0 Å². The molecular formula is C28H24F2N2O4S. The number of carboxylic acid groups (broad SMARTS) is 1. The molecule has 190 valence electrons. The molecule has 0 amide bonds. The minimum absolute atomic E-state index is 0.00568. The molecule has 0 fully saturated rings. The van der Waals surface area contributed by atoms with E-state index in [2.05, 4.69) is 9.97 Å². The van der Waals surface area contributed by atoms with E-state index in [0.29, 0.717) is 34.7 Å². The Morgan fingerprint density at radius 2 is 1.95 bits per heavy atom. The van der Waals surface area contributed by atoms with Crippen molar-refractivity contribution in [3.8, 4) is 11.5 Å². The van der Waals surface area contributed by atoms with Gasteiger partial charge in [0.15, 0.2) is 11.6 Å². The Morgan fingerprint density at radius 1 is 1.14 bits per heavy atom. The number of rotatable bonds is 7. The molecule has 0 spiro atoms. The summed E-state index contributed by atoms with van der Waals surface area (Å²) in [6, 6.07) is 14.9. The van der Waals surface area contributed by atoms with Crippen LogP contribution >= 0.6 is 11.8 Å². The molecule has 0 saturated carbocycles. The molecule has 37 heavy (non-hydrogen) atoms. The first kappa shape index (κ1) is 25.0. The lowest BCUT2D eigenvalue weighted by atomic mass is 10.0. The third-order valence-corrected chi connectivity index (χ3v) is 7.55. The van der Waals surface area contributed by atoms with E-state index in [1.807, 2.05) is 38.1 Å². The number of thioether (sulfide) groups is 1. The Bertz CT molecular complexity index is 1490. The van der Waals surface area contributed by atoms with Crippen molar-refractivity contribution in [3.63, 3.8) is 0 Å². The first-order valence-electron chi connectivity index (χ1n) is 11.7. The lowest BCUT2D eigenvalue weighted by Gasteiger charge is -2.29. The van der Waals surface area contributed by atoms with Crippen molar-refractivity contribution in [1.82, 2.24) is 9.97 Å². The number of ether oxygens (including phenoxy) is 2. The van der Waals surface area contributed by atoms with Crippen LogP contribution in [0.25, 0.3) is 10.9 Å². The molecule has 1 aliphatic heterocycles. The largest absolute Gasteiger partial charge is 0.487 e. The topological polar surface area (TPSA) is 81.5 Å². The maximum Gasteiger partial charge on any atom is 0.304 e. The average Bonchev–Trinajstić information content (AvgIpc) is 2.99. The molecule has 3 heterocycles. The van der Waals surface area contributed by atoms with E-state index in [1.54, 1.807) is 36.2 Å². The third-order valence-electron chi connectivity index (χ3n) is 6.03. The summed E-state index contributed by atoms with van der Waals surface area (Å²) in [4.78, 5) is 20.4. The van der Waals surface area contributed by atoms with Gasteiger partial charge in [0.25, 0.3) is 0 Å². The molecule has 0 radical (unpaired) electrons. The number of pyridine rings is 2. The highest BCUT2D eigenvalue weighted by molar-refractivity contribution is 8.01. The number of carbonyl (C=O) groups is 1. The Kier molecular flexibility index (Phi) is 6.72. The lowest BCUT2D eigenvalue weighted by Crippen LogP contribution is -2.22. The zero-order chi connectivity index (χ0) is 26.2. The lowest BCUT2D eigenvalue weighted by molar-refractivity contribution is -0.137. The Labute approximate surface area is 216 Å². The van der Waals surface area contributed by atoms with Gasteiger partial charge in [-0.05, 0) is 42.0 Å². The number of hydrogen-bond donors (Lipinski definition) is 1. The van der Waals surface area contributed by atoms with Crippen molar-refractivity contribution in [2.75, 3.05) is 0 Å². The van der Waals surface area contributed by atoms with Crippen LogP contribution in [-0.2, 0) is 18.0 Å². The normalized spacial score (nSPS) is 14.9. The van der Waals surface area contributed by atoms with E-state index in [0.717, 1.165) is 29.0 Å². The van der Waals surface area contributed by atoms with Crippen molar-refractivity contribution in [2.45, 2.75) is 43.5 Å². The first-order valence-corrected chi connectivity index (χ1v) is 12.5. The van der Waals surface area contributed by atoms with Crippen LogP contribution in [0.2, 0.25) is 0 Å². The average molecular weight is 523 g/mol. The van der Waals surface area contributed by atoms with Crippen molar-refractivity contribution in [1.29, 1.82) is 0 Å². The van der Waals surface area contributed by atoms with Gasteiger partial charge in [-0.2, -0.15) is 0 Å². The predicted octanol–water partition coefficient (Wildman–Crippen LogP) is 6.46. The quantitative estimate of drug-likeness (QED) is 0.298. The van der Waals surface area contributed by atoms with E-state index in [1.165, 1.54) is 0 Å². The van der Waals surface area contributed by atoms with Crippen LogP contribution in [0.4, 0.5) is 8.78 Å². The summed E-state index contributed by atoms with van der Waals surface area (Å²) >= 11 is 1.54. The van der Waals surface area contributed by atoms with Gasteiger partial charge in [0.1, 0.15) is 24.7 Å². The molecule has 4 aromatic rings. The second kappa shape index (κ2) is 9.97. The number of hydrogen-bond acceptors (Lipinski definition) is 6. The van der Waals surface area contributed by atoms with E-state index < -0.39 is 22.4 Å². The summed E-state index contributed by atoms with van der Waals surface area (Å²) in [6.45, 7) is 4.24. The second-order valence-corrected chi connectivity index (χ2v) is 11.2. The van der Waals surface area contributed by atoms with Gasteiger partial charge in [0.05, 0.1) is 28.6 Å². The fourth-order valence-electron chi connectivity index (χ4n) is 4.33. The molecular weight excluding hydrogens is 498 g/mol. The van der Waals surface area contributed by atoms with E-state index in [4.69, 9.17) is 9.47 Å². The van der Waals surface area contributed by atoms with Crippen LogP contribution in [0.15, 0.2) is 60.8 Å². The molecule has 1 unspecified atom stereocenters. The highest BCUT2D eigenvalue weighted by atomic mass is 32.2. The predicted molar refractivity (Wildman–Crippen MR) is 137 cm³/mol. The van der Waals surface area contributed by atoms with Crippen molar-refractivity contribution in [2.24, 2.45) is 0 Å². The Hall–Kier alpha value is -3.72. The number of halogens is 2. The fraction of sp³-hybridized carbons (Fsp3) is 0.250. The van der Waals surface area contributed by atoms with Crippen LogP contribution in [0.1, 0.15) is 48.0 Å². The minimum atomic E-state index is -0.951. The van der Waals surface area contributed by atoms with Gasteiger partial charge in [-0.1, -0.05) is 26.0 Å². The summed E-state index contributed by atoms with van der Waals surface area (Å²) in [5.41, 5.74) is 3.53. The van der Waals surface area contributed by atoms with Gasteiger partial charge in [0, 0.05) is 28.0 Å². The first-order chi connectivity index (χ1) is 17.7. The number of benzene rings is 2. The molecule has 1 atom stereocenters. The summed E-state index contributed by atoms with van der Waals surface area (Å²) in [6.07, 6.45) is 1.71. The number of fused-ring (bicyclic) bond motifs is 3. The molecule has 0 aliphatic carbocycles. The number of carboxylic acids is 1. The number of nitrogens with zero attached hydrogens (tertiary/aromatic N) is 2. The van der Waals surface area contributed by atoms with E-state index in [-0.39, 0.29) is 18.3 Å². The smallest absolute Gasteiger partial charge is 0.304 e. The van der Waals surface area contributed by atoms with Crippen LogP contribution < -0.4 is 9.47 Å². The molecule has 0 saturated heterocycles. The van der Waals surface area contributed by atoms with Crippen molar-refractivity contribution < 1.29 is 28.2 Å². The molecule has 2 aromatic heterocycles. The maximum atomic E-state index is 13.7. The highest BCUT2D eigenvalue weighted by Gasteiger charge is 2.33. The van der Waals surface area contributed by atoms with Crippen molar-refractivity contribution >= 4 is 28.6 Å². The van der Waals surface area contributed by atoms with E-state index in [9.17, 15) is 18.7 Å². The highest BCUT2D eigenvalue weighted by Crippen LogP contribution is 2.50. The maximum absolute atomic E-state index is 13.7. The molecule has 1 N–H and O–H groups in total. The van der Waals surface area contributed by atoms with E-state index >= 15 is 0 Å². The number of aromatic nitrogens is 2. The zero-order valence-electron chi connectivity index (χ0n) is 20.2. The van der Waals surface area contributed by atoms with Gasteiger partial charge in [-0.15, -0.1) is 11.8 Å². The fourth-order valence-corrected chi connectivity index (χ4v) is 5.82. The van der Waals surface area contributed by atoms with Gasteiger partial charge >= 0.3 is 5.97 Å². The zero-order valence-corrected chi connectivity index (χ0v) is 21.0. The molecule has 0 bridgehead atoms. The molecule has 9 heteroatoms. The van der Waals surface area contributed by atoms with Gasteiger partial charge in [0.2, 0.25) is 0 Å². The molecule has 1 aliphatic rings.